The molecule has 25 heavy (non-hydrogen) atoms. The molecule has 2 unspecified atom stereocenters. The van der Waals surface area contributed by atoms with Gasteiger partial charge in [-0.15, -0.1) is 0 Å². The molecule has 140 valence electrons. The molecule has 1 saturated heterocycles. The predicted octanol–water partition coefficient (Wildman–Crippen LogP) is 1.47. The molecule has 0 bridgehead atoms. The van der Waals surface area contributed by atoms with Crippen molar-refractivity contribution < 1.29 is 14.3 Å². The Morgan fingerprint density at radius 2 is 2.24 bits per heavy atom. The molecule has 6 heteroatoms. The minimum Gasteiger partial charge on any atom is -0.387 e. The lowest BCUT2D eigenvalue weighted by atomic mass is 9.96. The molecule has 1 aromatic rings. The van der Waals surface area contributed by atoms with Crippen molar-refractivity contribution in [2.75, 3.05) is 40.3 Å². The molecule has 1 aromatic carbocycles. The number of carbonyl (C=O) groups is 1. The summed E-state index contributed by atoms with van der Waals surface area (Å²) in [5.41, 5.74) is -0.0234. The van der Waals surface area contributed by atoms with Gasteiger partial charge < -0.3 is 15.3 Å². The van der Waals surface area contributed by atoms with Crippen LogP contribution in [-0.4, -0.2) is 66.7 Å². The Bertz CT molecular complexity index is 578. The normalized spacial score (nSPS) is 21.1. The van der Waals surface area contributed by atoms with E-state index >= 15 is 0 Å². The number of hydrogen-bond acceptors (Lipinski definition) is 4. The smallest absolute Gasteiger partial charge is 0.224 e. The number of benzene rings is 1. The minimum absolute atomic E-state index is 0.0111. The van der Waals surface area contributed by atoms with Crippen LogP contribution in [0.25, 0.3) is 0 Å². The number of hydrogen-bond donors (Lipinski definition) is 2. The number of rotatable bonds is 7. The second kappa shape index (κ2) is 8.74. The lowest BCUT2D eigenvalue weighted by molar-refractivity contribution is -0.128. The first-order chi connectivity index (χ1) is 11.7. The van der Waals surface area contributed by atoms with E-state index in [9.17, 15) is 14.3 Å². The van der Waals surface area contributed by atoms with Gasteiger partial charge in [-0.05, 0) is 58.1 Å². The van der Waals surface area contributed by atoms with Gasteiger partial charge in [0, 0.05) is 26.2 Å². The maximum absolute atomic E-state index is 13.3. The van der Waals surface area contributed by atoms with Crippen LogP contribution in [0.5, 0.6) is 0 Å². The van der Waals surface area contributed by atoms with Crippen LogP contribution in [0.1, 0.15) is 25.3 Å². The summed E-state index contributed by atoms with van der Waals surface area (Å²) in [4.78, 5) is 16.6. The molecule has 1 aliphatic rings. The highest BCUT2D eigenvalue weighted by Crippen LogP contribution is 2.19. The Kier molecular flexibility index (Phi) is 6.93. The zero-order valence-corrected chi connectivity index (χ0v) is 15.5. The number of carbonyl (C=O) groups excluding carboxylic acids is 1. The number of halogens is 1. The van der Waals surface area contributed by atoms with Gasteiger partial charge in [0.1, 0.15) is 5.82 Å². The molecule has 2 rings (SSSR count). The highest BCUT2D eigenvalue weighted by Gasteiger charge is 2.28. The van der Waals surface area contributed by atoms with Gasteiger partial charge in [-0.2, -0.15) is 0 Å². The topological polar surface area (TPSA) is 55.8 Å². The van der Waals surface area contributed by atoms with E-state index in [2.05, 4.69) is 10.2 Å². The van der Waals surface area contributed by atoms with Crippen LogP contribution in [0.2, 0.25) is 0 Å². The summed E-state index contributed by atoms with van der Waals surface area (Å²) in [5.74, 6) is -0.327. The van der Waals surface area contributed by atoms with E-state index in [0.29, 0.717) is 19.6 Å². The van der Waals surface area contributed by atoms with Crippen molar-refractivity contribution in [3.8, 4) is 0 Å². The van der Waals surface area contributed by atoms with Crippen molar-refractivity contribution in [3.05, 3.63) is 35.6 Å². The molecule has 1 heterocycles. The van der Waals surface area contributed by atoms with Gasteiger partial charge >= 0.3 is 0 Å². The largest absolute Gasteiger partial charge is 0.387 e. The minimum atomic E-state index is -0.949. The van der Waals surface area contributed by atoms with Gasteiger partial charge in [-0.25, -0.2) is 4.39 Å². The van der Waals surface area contributed by atoms with Crippen molar-refractivity contribution in [3.63, 3.8) is 0 Å². The van der Waals surface area contributed by atoms with Crippen LogP contribution >= 0.6 is 0 Å². The molecule has 0 saturated carbocycles. The van der Waals surface area contributed by atoms with Crippen molar-refractivity contribution in [2.24, 2.45) is 5.92 Å². The van der Waals surface area contributed by atoms with E-state index in [4.69, 9.17) is 0 Å². The van der Waals surface area contributed by atoms with Crippen LogP contribution in [0, 0.1) is 11.7 Å². The van der Waals surface area contributed by atoms with Crippen LogP contribution in [-0.2, 0) is 11.3 Å². The van der Waals surface area contributed by atoms with E-state index < -0.39 is 5.60 Å². The van der Waals surface area contributed by atoms with E-state index in [0.717, 1.165) is 24.9 Å². The summed E-state index contributed by atoms with van der Waals surface area (Å²) in [6.45, 7) is 4.69. The molecule has 0 aliphatic carbocycles. The third kappa shape index (κ3) is 6.72. The maximum atomic E-state index is 13.3. The SMILES string of the molecule is CN(C)CC(C)(O)CNC(=O)C1CCCN(Cc2cccc(F)c2)C1. The molecule has 1 amide bonds. The fraction of sp³-hybridized carbons (Fsp3) is 0.632. The predicted molar refractivity (Wildman–Crippen MR) is 96.6 cm³/mol. The number of likely N-dealkylation sites (tertiary alicyclic amines) is 1. The summed E-state index contributed by atoms with van der Waals surface area (Å²) in [6, 6.07) is 6.61. The fourth-order valence-corrected chi connectivity index (χ4v) is 3.47. The van der Waals surface area contributed by atoms with Gasteiger partial charge in [0.2, 0.25) is 5.91 Å². The van der Waals surface area contributed by atoms with Crippen LogP contribution < -0.4 is 5.32 Å². The first kappa shape index (κ1) is 19.8. The fourth-order valence-electron chi connectivity index (χ4n) is 3.47. The average molecular weight is 351 g/mol. The summed E-state index contributed by atoms with van der Waals surface area (Å²) in [7, 11) is 3.78. The average Bonchev–Trinajstić information content (AvgIpc) is 2.52. The number of aliphatic hydroxyl groups is 1. The maximum Gasteiger partial charge on any atom is 0.224 e. The summed E-state index contributed by atoms with van der Waals surface area (Å²) < 4.78 is 13.3. The second-order valence-electron chi connectivity index (χ2n) is 7.66. The lowest BCUT2D eigenvalue weighted by Crippen LogP contribution is -2.50. The number of piperidine rings is 1. The molecule has 5 nitrogen and oxygen atoms in total. The highest BCUT2D eigenvalue weighted by atomic mass is 19.1. The van der Waals surface area contributed by atoms with Gasteiger partial charge in [-0.3, -0.25) is 9.69 Å². The Morgan fingerprint density at radius 1 is 1.48 bits per heavy atom. The van der Waals surface area contributed by atoms with E-state index in [1.54, 1.807) is 19.1 Å². The summed E-state index contributed by atoms with van der Waals surface area (Å²) >= 11 is 0. The standard InChI is InChI=1S/C19H30FN3O2/c1-19(25,14-22(2)3)13-21-18(24)16-7-5-9-23(12-16)11-15-6-4-8-17(20)10-15/h4,6,8,10,16,25H,5,7,9,11-14H2,1-3H3,(H,21,24). The molecule has 0 spiro atoms. The van der Waals surface area contributed by atoms with E-state index in [1.165, 1.54) is 6.07 Å². The number of nitrogens with one attached hydrogen (secondary N) is 1. The van der Waals surface area contributed by atoms with E-state index in [1.807, 2.05) is 25.1 Å². The summed E-state index contributed by atoms with van der Waals surface area (Å²) in [6.07, 6.45) is 1.79. The van der Waals surface area contributed by atoms with Gasteiger partial charge in [-0.1, -0.05) is 12.1 Å². The third-order valence-electron chi connectivity index (χ3n) is 4.47. The monoisotopic (exact) mass is 351 g/mol. The quantitative estimate of drug-likeness (QED) is 0.781. The number of nitrogens with zero attached hydrogens (tertiary/aromatic N) is 2. The Balaban J connectivity index is 1.84. The second-order valence-corrected chi connectivity index (χ2v) is 7.66. The molecule has 1 aliphatic heterocycles. The molecular weight excluding hydrogens is 321 g/mol. The van der Waals surface area contributed by atoms with Gasteiger partial charge in [0.25, 0.3) is 0 Å². The molecule has 2 atom stereocenters. The van der Waals surface area contributed by atoms with Crippen molar-refractivity contribution in [1.82, 2.24) is 15.1 Å². The number of amides is 1. The van der Waals surface area contributed by atoms with Gasteiger partial charge in [0.05, 0.1) is 11.5 Å². The zero-order valence-electron chi connectivity index (χ0n) is 15.5. The molecule has 1 fully saturated rings. The van der Waals surface area contributed by atoms with E-state index in [-0.39, 0.29) is 24.2 Å². The first-order valence-electron chi connectivity index (χ1n) is 8.87. The van der Waals surface area contributed by atoms with Crippen LogP contribution in [0.3, 0.4) is 0 Å². The molecule has 0 radical (unpaired) electrons. The Hall–Kier alpha value is -1.50. The lowest BCUT2D eigenvalue weighted by Gasteiger charge is -2.33. The van der Waals surface area contributed by atoms with Crippen molar-refractivity contribution in [1.29, 1.82) is 0 Å². The van der Waals surface area contributed by atoms with Crippen molar-refractivity contribution >= 4 is 5.91 Å². The third-order valence-corrected chi connectivity index (χ3v) is 4.47. The van der Waals surface area contributed by atoms with Gasteiger partial charge in [0.15, 0.2) is 0 Å². The zero-order chi connectivity index (χ0) is 18.4. The van der Waals surface area contributed by atoms with Crippen LogP contribution in [0.4, 0.5) is 4.39 Å². The molecular formula is C19H30FN3O2. The van der Waals surface area contributed by atoms with Crippen molar-refractivity contribution in [2.45, 2.75) is 31.9 Å². The highest BCUT2D eigenvalue weighted by molar-refractivity contribution is 5.79. The molecule has 0 aromatic heterocycles. The Labute approximate surface area is 149 Å². The first-order valence-corrected chi connectivity index (χ1v) is 8.87. The summed E-state index contributed by atoms with van der Waals surface area (Å²) in [5, 5.41) is 13.2. The molecule has 2 N–H and O–H groups in total. The van der Waals surface area contributed by atoms with Crippen LogP contribution in [0.15, 0.2) is 24.3 Å². The Morgan fingerprint density at radius 3 is 2.92 bits per heavy atom. The number of likely N-dealkylation sites (N-methyl/N-ethyl adjacent to an activating group) is 1.